The maximum absolute atomic E-state index is 12.9. The zero-order valence-electron chi connectivity index (χ0n) is 19.7. The van der Waals surface area contributed by atoms with Gasteiger partial charge in [-0.1, -0.05) is 30.3 Å². The molecule has 1 heterocycles. The lowest BCUT2D eigenvalue weighted by molar-refractivity contribution is 0.0944. The number of nitrogens with one attached hydrogen (secondary N) is 3. The molecular formula is C28H28N4O2. The summed E-state index contributed by atoms with van der Waals surface area (Å²) in [5, 5.41) is 5.65. The standard InChI is InChI=1S/C28H28N4O2/c1-16-11-21(27(33)30-15-18-7-5-4-6-8-18)12-17(2)24(16)22-13-20(19-9-10-19)14-23-25(22)32-26(31-23)28(34)29-3/h4-8,11-14,19H,9-10,15H2,1-3H3,(H,29,34)(H,30,33)(H,31,32). The van der Waals surface area contributed by atoms with Crippen LogP contribution >= 0.6 is 0 Å². The Bertz CT molecular complexity index is 1380. The van der Waals surface area contributed by atoms with E-state index in [0.717, 1.165) is 38.9 Å². The number of hydrogen-bond acceptors (Lipinski definition) is 3. The number of carbonyl (C=O) groups is 2. The Hall–Kier alpha value is -3.93. The molecule has 0 atom stereocenters. The molecular weight excluding hydrogens is 424 g/mol. The Morgan fingerprint density at radius 2 is 1.71 bits per heavy atom. The van der Waals surface area contributed by atoms with Crippen molar-refractivity contribution in [1.29, 1.82) is 0 Å². The van der Waals surface area contributed by atoms with E-state index in [1.807, 2.05) is 56.3 Å². The fourth-order valence-corrected chi connectivity index (χ4v) is 4.61. The maximum atomic E-state index is 12.9. The van der Waals surface area contributed by atoms with Crippen LogP contribution in [0.15, 0.2) is 54.6 Å². The lowest BCUT2D eigenvalue weighted by Gasteiger charge is -2.15. The smallest absolute Gasteiger partial charge is 0.286 e. The lowest BCUT2D eigenvalue weighted by atomic mass is 9.91. The van der Waals surface area contributed by atoms with Crippen molar-refractivity contribution in [3.05, 3.63) is 88.2 Å². The van der Waals surface area contributed by atoms with Crippen molar-refractivity contribution in [2.75, 3.05) is 7.05 Å². The summed E-state index contributed by atoms with van der Waals surface area (Å²) < 4.78 is 0. The second-order valence-corrected chi connectivity index (χ2v) is 9.06. The monoisotopic (exact) mass is 452 g/mol. The molecule has 34 heavy (non-hydrogen) atoms. The molecule has 0 spiro atoms. The number of aryl methyl sites for hydroxylation is 2. The number of nitrogens with zero attached hydrogens (tertiary/aromatic N) is 1. The van der Waals surface area contributed by atoms with Crippen molar-refractivity contribution in [1.82, 2.24) is 20.6 Å². The second-order valence-electron chi connectivity index (χ2n) is 9.06. The van der Waals surface area contributed by atoms with Crippen LogP contribution in [0.3, 0.4) is 0 Å². The zero-order chi connectivity index (χ0) is 23.8. The number of hydrogen-bond donors (Lipinski definition) is 3. The maximum Gasteiger partial charge on any atom is 0.286 e. The second kappa shape index (κ2) is 8.78. The molecule has 2 amide bonds. The lowest BCUT2D eigenvalue weighted by Crippen LogP contribution is -2.23. The van der Waals surface area contributed by atoms with Gasteiger partial charge < -0.3 is 15.6 Å². The summed E-state index contributed by atoms with van der Waals surface area (Å²) in [6.45, 7) is 4.54. The number of H-pyrrole nitrogens is 1. The summed E-state index contributed by atoms with van der Waals surface area (Å²) in [6.07, 6.45) is 2.36. The van der Waals surface area contributed by atoms with Crippen molar-refractivity contribution in [2.45, 2.75) is 39.2 Å². The Morgan fingerprint density at radius 1 is 1.00 bits per heavy atom. The first kappa shape index (κ1) is 21.9. The van der Waals surface area contributed by atoms with Gasteiger partial charge in [-0.25, -0.2) is 4.98 Å². The van der Waals surface area contributed by atoms with Gasteiger partial charge in [-0.2, -0.15) is 0 Å². The fraction of sp³-hybridized carbons (Fsp3) is 0.250. The molecule has 0 aliphatic heterocycles. The molecule has 4 aromatic rings. The average Bonchev–Trinajstić information content (AvgIpc) is 3.60. The first-order valence-corrected chi connectivity index (χ1v) is 11.6. The summed E-state index contributed by atoms with van der Waals surface area (Å²) in [7, 11) is 1.60. The van der Waals surface area contributed by atoms with E-state index in [-0.39, 0.29) is 11.8 Å². The van der Waals surface area contributed by atoms with E-state index in [4.69, 9.17) is 0 Å². The number of aromatic amines is 1. The van der Waals surface area contributed by atoms with Crippen LogP contribution in [-0.4, -0.2) is 28.8 Å². The van der Waals surface area contributed by atoms with Crippen LogP contribution in [0.25, 0.3) is 22.2 Å². The Morgan fingerprint density at radius 3 is 2.35 bits per heavy atom. The first-order valence-electron chi connectivity index (χ1n) is 11.6. The quantitative estimate of drug-likeness (QED) is 0.384. The highest BCUT2D eigenvalue weighted by Crippen LogP contribution is 2.44. The van der Waals surface area contributed by atoms with Gasteiger partial charge >= 0.3 is 0 Å². The molecule has 6 nitrogen and oxygen atoms in total. The van der Waals surface area contributed by atoms with Gasteiger partial charge in [-0.3, -0.25) is 9.59 Å². The molecule has 3 N–H and O–H groups in total. The number of aromatic nitrogens is 2. The first-order chi connectivity index (χ1) is 16.4. The normalized spacial score (nSPS) is 13.1. The summed E-state index contributed by atoms with van der Waals surface area (Å²) in [5.41, 5.74) is 8.66. The van der Waals surface area contributed by atoms with Gasteiger partial charge in [0.2, 0.25) is 0 Å². The van der Waals surface area contributed by atoms with Gasteiger partial charge in [0.1, 0.15) is 0 Å². The van der Waals surface area contributed by atoms with Crippen LogP contribution in [0.2, 0.25) is 0 Å². The largest absolute Gasteiger partial charge is 0.352 e. The Balaban J connectivity index is 1.53. The van der Waals surface area contributed by atoms with Gasteiger partial charge in [0, 0.05) is 24.7 Å². The predicted octanol–water partition coefficient (Wildman–Crippen LogP) is 5.01. The summed E-state index contributed by atoms with van der Waals surface area (Å²) in [4.78, 5) is 32.9. The zero-order valence-corrected chi connectivity index (χ0v) is 19.7. The van der Waals surface area contributed by atoms with E-state index in [1.165, 1.54) is 18.4 Å². The van der Waals surface area contributed by atoms with Gasteiger partial charge in [0.15, 0.2) is 5.82 Å². The number of rotatable bonds is 6. The highest BCUT2D eigenvalue weighted by Gasteiger charge is 2.26. The molecule has 0 unspecified atom stereocenters. The van der Waals surface area contributed by atoms with Crippen LogP contribution < -0.4 is 10.6 Å². The number of fused-ring (bicyclic) bond motifs is 1. The molecule has 0 radical (unpaired) electrons. The van der Waals surface area contributed by atoms with Crippen molar-refractivity contribution >= 4 is 22.8 Å². The average molecular weight is 453 g/mol. The van der Waals surface area contributed by atoms with E-state index >= 15 is 0 Å². The highest BCUT2D eigenvalue weighted by molar-refractivity contribution is 6.01. The summed E-state index contributed by atoms with van der Waals surface area (Å²) in [5.74, 6) is 0.520. The van der Waals surface area contributed by atoms with Crippen LogP contribution in [-0.2, 0) is 6.54 Å². The van der Waals surface area contributed by atoms with E-state index in [9.17, 15) is 9.59 Å². The number of imidazole rings is 1. The van der Waals surface area contributed by atoms with Crippen LogP contribution in [0, 0.1) is 13.8 Å². The van der Waals surface area contributed by atoms with Crippen molar-refractivity contribution < 1.29 is 9.59 Å². The van der Waals surface area contributed by atoms with Gasteiger partial charge in [0.25, 0.3) is 11.8 Å². The van der Waals surface area contributed by atoms with Crippen molar-refractivity contribution in [3.63, 3.8) is 0 Å². The van der Waals surface area contributed by atoms with Crippen molar-refractivity contribution in [2.24, 2.45) is 0 Å². The third-order valence-corrected chi connectivity index (χ3v) is 6.46. The minimum atomic E-state index is -0.242. The molecule has 5 rings (SSSR count). The number of amides is 2. The molecule has 0 saturated heterocycles. The molecule has 1 fully saturated rings. The third kappa shape index (κ3) is 4.19. The molecule has 1 aliphatic rings. The fourth-order valence-electron chi connectivity index (χ4n) is 4.61. The van der Waals surface area contributed by atoms with E-state index in [2.05, 4.69) is 32.7 Å². The predicted molar refractivity (Wildman–Crippen MR) is 134 cm³/mol. The molecule has 1 saturated carbocycles. The molecule has 172 valence electrons. The summed E-state index contributed by atoms with van der Waals surface area (Å²) >= 11 is 0. The highest BCUT2D eigenvalue weighted by atomic mass is 16.2. The van der Waals surface area contributed by atoms with Crippen molar-refractivity contribution in [3.8, 4) is 11.1 Å². The summed E-state index contributed by atoms with van der Waals surface area (Å²) in [6, 6.07) is 18.1. The number of carbonyl (C=O) groups excluding carboxylic acids is 2. The Labute approximate surface area is 198 Å². The van der Waals surface area contributed by atoms with E-state index < -0.39 is 0 Å². The third-order valence-electron chi connectivity index (χ3n) is 6.46. The van der Waals surface area contributed by atoms with Gasteiger partial charge in [0.05, 0.1) is 11.0 Å². The molecule has 6 heteroatoms. The SMILES string of the molecule is CNC(=O)c1nc2c(-c3c(C)cc(C(=O)NCc4ccccc4)cc3C)cc(C3CC3)cc2[nH]1. The van der Waals surface area contributed by atoms with Crippen LogP contribution in [0.1, 0.15) is 62.0 Å². The molecule has 1 aromatic heterocycles. The Kier molecular flexibility index (Phi) is 5.65. The van der Waals surface area contributed by atoms with E-state index in [1.54, 1.807) is 7.05 Å². The van der Waals surface area contributed by atoms with Gasteiger partial charge in [-0.05, 0) is 84.7 Å². The molecule has 3 aromatic carbocycles. The topological polar surface area (TPSA) is 86.9 Å². The van der Waals surface area contributed by atoms with Crippen LogP contribution in [0.4, 0.5) is 0 Å². The van der Waals surface area contributed by atoms with E-state index in [0.29, 0.717) is 23.9 Å². The molecule has 0 bridgehead atoms. The van der Waals surface area contributed by atoms with Crippen LogP contribution in [0.5, 0.6) is 0 Å². The minimum Gasteiger partial charge on any atom is -0.352 e. The minimum absolute atomic E-state index is 0.0971. The van der Waals surface area contributed by atoms with Gasteiger partial charge in [-0.15, -0.1) is 0 Å². The number of benzene rings is 3. The molecule has 1 aliphatic carbocycles.